The fraction of sp³-hybridized carbons (Fsp3) is 0.611. The lowest BCUT2D eigenvalue weighted by molar-refractivity contribution is -0.155. The van der Waals surface area contributed by atoms with Crippen LogP contribution in [0.2, 0.25) is 0 Å². The SMILES string of the molecule is COc1ccc(N[C@H](CC(=O)OC(C)(C)C)C(C)(C)C)c(O)c1. The Morgan fingerprint density at radius 2 is 1.83 bits per heavy atom. The molecule has 5 nitrogen and oxygen atoms in total. The van der Waals surface area contributed by atoms with Crippen molar-refractivity contribution in [3.63, 3.8) is 0 Å². The van der Waals surface area contributed by atoms with Gasteiger partial charge in [0, 0.05) is 12.1 Å². The smallest absolute Gasteiger partial charge is 0.308 e. The zero-order chi connectivity index (χ0) is 17.8. The fourth-order valence-electron chi connectivity index (χ4n) is 2.07. The molecular formula is C18H29NO4. The molecule has 2 N–H and O–H groups in total. The van der Waals surface area contributed by atoms with E-state index in [0.29, 0.717) is 11.4 Å². The molecule has 0 amide bonds. The summed E-state index contributed by atoms with van der Waals surface area (Å²) in [7, 11) is 1.54. The Morgan fingerprint density at radius 1 is 1.22 bits per heavy atom. The van der Waals surface area contributed by atoms with Crippen LogP contribution in [-0.4, -0.2) is 29.8 Å². The van der Waals surface area contributed by atoms with Crippen LogP contribution in [0.25, 0.3) is 0 Å². The molecule has 5 heteroatoms. The Morgan fingerprint density at radius 3 is 2.26 bits per heavy atom. The average molecular weight is 323 g/mol. The number of methoxy groups -OCH3 is 1. The third kappa shape index (κ3) is 6.38. The van der Waals surface area contributed by atoms with Crippen LogP contribution in [0.3, 0.4) is 0 Å². The predicted octanol–water partition coefficient (Wildman–Crippen LogP) is 3.96. The van der Waals surface area contributed by atoms with Crippen molar-refractivity contribution in [3.05, 3.63) is 18.2 Å². The van der Waals surface area contributed by atoms with E-state index in [-0.39, 0.29) is 29.6 Å². The molecule has 23 heavy (non-hydrogen) atoms. The standard InChI is InChI=1S/C18H29NO4/c1-17(2,3)15(11-16(21)23-18(4,5)6)19-13-9-8-12(22-7)10-14(13)20/h8-10,15,19-20H,11H2,1-7H3/t15-/m1/s1. The number of nitrogens with one attached hydrogen (secondary N) is 1. The van der Waals surface area contributed by atoms with E-state index in [4.69, 9.17) is 9.47 Å². The van der Waals surface area contributed by atoms with E-state index in [1.165, 1.54) is 6.07 Å². The molecule has 0 saturated carbocycles. The Kier molecular flexibility index (Phi) is 5.92. The highest BCUT2D eigenvalue weighted by molar-refractivity contribution is 5.72. The Balaban J connectivity index is 2.90. The number of anilines is 1. The highest BCUT2D eigenvalue weighted by Crippen LogP contribution is 2.32. The van der Waals surface area contributed by atoms with Gasteiger partial charge in [0.25, 0.3) is 0 Å². The summed E-state index contributed by atoms with van der Waals surface area (Å²) in [4.78, 5) is 12.1. The molecule has 0 heterocycles. The summed E-state index contributed by atoms with van der Waals surface area (Å²) in [6.45, 7) is 11.7. The van der Waals surface area contributed by atoms with Crippen LogP contribution in [-0.2, 0) is 9.53 Å². The third-order valence-electron chi connectivity index (χ3n) is 3.37. The molecule has 0 aliphatic heterocycles. The fourth-order valence-corrected chi connectivity index (χ4v) is 2.07. The van der Waals surface area contributed by atoms with Gasteiger partial charge in [0.15, 0.2) is 0 Å². The minimum atomic E-state index is -0.512. The number of phenols is 1. The van der Waals surface area contributed by atoms with Gasteiger partial charge < -0.3 is 19.9 Å². The Hall–Kier alpha value is -1.91. The monoisotopic (exact) mass is 323 g/mol. The first kappa shape index (κ1) is 19.1. The van der Waals surface area contributed by atoms with Crippen molar-refractivity contribution < 1.29 is 19.4 Å². The first-order valence-corrected chi connectivity index (χ1v) is 7.78. The van der Waals surface area contributed by atoms with Crippen molar-refractivity contribution in [2.24, 2.45) is 5.41 Å². The highest BCUT2D eigenvalue weighted by Gasteiger charge is 2.29. The molecule has 0 fully saturated rings. The van der Waals surface area contributed by atoms with Gasteiger partial charge in [-0.3, -0.25) is 4.79 Å². The zero-order valence-electron chi connectivity index (χ0n) is 15.2. The number of esters is 1. The molecule has 1 rings (SSSR count). The minimum Gasteiger partial charge on any atom is -0.506 e. The van der Waals surface area contributed by atoms with Gasteiger partial charge in [0.05, 0.1) is 19.2 Å². The molecule has 0 radical (unpaired) electrons. The van der Waals surface area contributed by atoms with Crippen molar-refractivity contribution in [1.82, 2.24) is 0 Å². The van der Waals surface area contributed by atoms with Crippen LogP contribution in [0, 0.1) is 5.41 Å². The van der Waals surface area contributed by atoms with Crippen molar-refractivity contribution >= 4 is 11.7 Å². The summed E-state index contributed by atoms with van der Waals surface area (Å²) in [6, 6.07) is 4.85. The number of ether oxygens (including phenoxy) is 2. The van der Waals surface area contributed by atoms with Gasteiger partial charge >= 0.3 is 5.97 Å². The maximum Gasteiger partial charge on any atom is 0.308 e. The quantitative estimate of drug-likeness (QED) is 0.634. The van der Waals surface area contributed by atoms with Crippen LogP contribution in [0.1, 0.15) is 48.0 Å². The van der Waals surface area contributed by atoms with Crippen molar-refractivity contribution in [1.29, 1.82) is 0 Å². The summed E-state index contributed by atoms with van der Waals surface area (Å²) < 4.78 is 10.5. The summed E-state index contributed by atoms with van der Waals surface area (Å²) in [5.74, 6) is 0.396. The van der Waals surface area contributed by atoms with E-state index < -0.39 is 5.60 Å². The zero-order valence-corrected chi connectivity index (χ0v) is 15.2. The lowest BCUT2D eigenvalue weighted by atomic mass is 9.84. The van der Waals surface area contributed by atoms with Crippen LogP contribution < -0.4 is 10.1 Å². The molecule has 0 saturated heterocycles. The van der Waals surface area contributed by atoms with Crippen LogP contribution in [0.5, 0.6) is 11.5 Å². The lowest BCUT2D eigenvalue weighted by Crippen LogP contribution is -2.38. The number of carbonyl (C=O) groups is 1. The molecule has 0 aliphatic carbocycles. The van der Waals surface area contributed by atoms with Crippen molar-refractivity contribution in [2.45, 2.75) is 59.6 Å². The van der Waals surface area contributed by atoms with Gasteiger partial charge in [-0.15, -0.1) is 0 Å². The van der Waals surface area contributed by atoms with Gasteiger partial charge in [-0.25, -0.2) is 0 Å². The van der Waals surface area contributed by atoms with Gasteiger partial charge in [-0.2, -0.15) is 0 Å². The molecule has 0 unspecified atom stereocenters. The number of benzene rings is 1. The molecule has 130 valence electrons. The lowest BCUT2D eigenvalue weighted by Gasteiger charge is -2.33. The number of hydrogen-bond donors (Lipinski definition) is 2. The molecule has 0 spiro atoms. The van der Waals surface area contributed by atoms with Gasteiger partial charge in [-0.05, 0) is 38.3 Å². The second-order valence-electron chi connectivity index (χ2n) is 7.74. The maximum absolute atomic E-state index is 12.1. The van der Waals surface area contributed by atoms with Crippen LogP contribution in [0.15, 0.2) is 18.2 Å². The Labute approximate surface area is 139 Å². The number of carbonyl (C=O) groups excluding carboxylic acids is 1. The maximum atomic E-state index is 12.1. The number of aromatic hydroxyl groups is 1. The van der Waals surface area contributed by atoms with E-state index in [1.54, 1.807) is 19.2 Å². The second-order valence-corrected chi connectivity index (χ2v) is 7.74. The number of rotatable bonds is 5. The van der Waals surface area contributed by atoms with Crippen molar-refractivity contribution in [3.8, 4) is 11.5 Å². The van der Waals surface area contributed by atoms with E-state index in [2.05, 4.69) is 5.32 Å². The predicted molar refractivity (Wildman–Crippen MR) is 92.0 cm³/mol. The van der Waals surface area contributed by atoms with E-state index in [9.17, 15) is 9.90 Å². The Bertz CT molecular complexity index is 541. The minimum absolute atomic E-state index is 0.0859. The number of phenolic OH excluding ortho intramolecular Hbond substituents is 1. The molecule has 0 aliphatic rings. The van der Waals surface area contributed by atoms with Crippen molar-refractivity contribution in [2.75, 3.05) is 12.4 Å². The van der Waals surface area contributed by atoms with Gasteiger partial charge in [-0.1, -0.05) is 20.8 Å². The summed E-state index contributed by atoms with van der Waals surface area (Å²) in [6.07, 6.45) is 0.215. The summed E-state index contributed by atoms with van der Waals surface area (Å²) in [5.41, 5.74) is -0.139. The molecule has 1 aromatic rings. The third-order valence-corrected chi connectivity index (χ3v) is 3.37. The second kappa shape index (κ2) is 7.11. The van der Waals surface area contributed by atoms with E-state index in [1.807, 2.05) is 41.5 Å². The topological polar surface area (TPSA) is 67.8 Å². The van der Waals surface area contributed by atoms with Gasteiger partial charge in [0.2, 0.25) is 0 Å². The highest BCUT2D eigenvalue weighted by atomic mass is 16.6. The first-order chi connectivity index (χ1) is 10.4. The molecule has 0 bridgehead atoms. The van der Waals surface area contributed by atoms with E-state index in [0.717, 1.165) is 0 Å². The molecule has 0 aromatic heterocycles. The molecule has 1 aromatic carbocycles. The largest absolute Gasteiger partial charge is 0.506 e. The number of hydrogen-bond acceptors (Lipinski definition) is 5. The van der Waals surface area contributed by atoms with Crippen LogP contribution >= 0.6 is 0 Å². The van der Waals surface area contributed by atoms with Gasteiger partial charge in [0.1, 0.15) is 17.1 Å². The summed E-state index contributed by atoms with van der Waals surface area (Å²) in [5, 5.41) is 13.3. The molecule has 1 atom stereocenters. The van der Waals surface area contributed by atoms with E-state index >= 15 is 0 Å². The first-order valence-electron chi connectivity index (χ1n) is 7.78. The normalized spacial score (nSPS) is 13.3. The average Bonchev–Trinajstić information content (AvgIpc) is 2.36. The van der Waals surface area contributed by atoms with Crippen LogP contribution in [0.4, 0.5) is 5.69 Å². The summed E-state index contributed by atoms with van der Waals surface area (Å²) >= 11 is 0. The molecular weight excluding hydrogens is 294 g/mol.